The summed E-state index contributed by atoms with van der Waals surface area (Å²) in [6.45, 7) is 0.494. The molecule has 0 bridgehead atoms. The lowest BCUT2D eigenvalue weighted by molar-refractivity contribution is -0.384. The summed E-state index contributed by atoms with van der Waals surface area (Å²) in [5, 5.41) is 11.2. The molecular weight excluding hydrogens is 273 g/mol. The predicted molar refractivity (Wildman–Crippen MR) is 57.4 cm³/mol. The number of hydrogen-bond acceptors (Lipinski definition) is 3. The van der Waals surface area contributed by atoms with E-state index in [2.05, 4.69) is 15.9 Å². The Labute approximate surface area is 94.1 Å². The zero-order valence-corrected chi connectivity index (χ0v) is 9.42. The summed E-state index contributed by atoms with van der Waals surface area (Å²) >= 11 is 8.87. The van der Waals surface area contributed by atoms with Crippen LogP contribution in [0.1, 0.15) is 0 Å². The maximum atomic E-state index is 10.4. The average molecular weight is 281 g/mol. The van der Waals surface area contributed by atoms with Crippen LogP contribution in [-0.4, -0.2) is 16.9 Å². The van der Waals surface area contributed by atoms with Crippen LogP contribution in [0.25, 0.3) is 0 Å². The van der Waals surface area contributed by atoms with Crippen LogP contribution in [-0.2, 0) is 0 Å². The lowest BCUT2D eigenvalue weighted by atomic mass is 10.3. The highest BCUT2D eigenvalue weighted by atomic mass is 79.9. The molecule has 1 aromatic rings. The van der Waals surface area contributed by atoms with E-state index in [0.717, 1.165) is 0 Å². The number of rotatable bonds is 4. The van der Waals surface area contributed by atoms with Gasteiger partial charge in [0.05, 0.1) is 11.5 Å². The Hall–Kier alpha value is -0.810. The fourth-order valence-corrected chi connectivity index (χ4v) is 1.28. The number of nitro groups is 1. The fourth-order valence-electron chi connectivity index (χ4n) is 0.882. The van der Waals surface area contributed by atoms with Crippen LogP contribution in [0.5, 0.6) is 5.75 Å². The topological polar surface area (TPSA) is 52.4 Å². The first-order valence-corrected chi connectivity index (χ1v) is 5.28. The Bertz CT molecular complexity index is 345. The fraction of sp³-hybridized carbons (Fsp3) is 0.250. The van der Waals surface area contributed by atoms with E-state index < -0.39 is 4.92 Å². The summed E-state index contributed by atoms with van der Waals surface area (Å²) in [6.07, 6.45) is 0. The zero-order chi connectivity index (χ0) is 10.6. The summed E-state index contributed by atoms with van der Waals surface area (Å²) in [5.74, 6) is 0.528. The van der Waals surface area contributed by atoms with Crippen LogP contribution in [0.3, 0.4) is 0 Å². The quantitative estimate of drug-likeness (QED) is 0.484. The van der Waals surface area contributed by atoms with Gasteiger partial charge in [0, 0.05) is 17.5 Å². The van der Waals surface area contributed by atoms with Crippen molar-refractivity contribution in [3.63, 3.8) is 0 Å². The monoisotopic (exact) mass is 279 g/mol. The molecule has 6 heteroatoms. The van der Waals surface area contributed by atoms with Crippen LogP contribution < -0.4 is 4.74 Å². The molecule has 0 unspecified atom stereocenters. The molecule has 0 N–H and O–H groups in total. The van der Waals surface area contributed by atoms with Gasteiger partial charge >= 0.3 is 0 Å². The summed E-state index contributed by atoms with van der Waals surface area (Å²) in [6, 6.07) is 4.28. The van der Waals surface area contributed by atoms with Crippen LogP contribution in [0.15, 0.2) is 18.2 Å². The smallest absolute Gasteiger partial charge is 0.288 e. The van der Waals surface area contributed by atoms with Gasteiger partial charge in [-0.3, -0.25) is 10.1 Å². The SMILES string of the molecule is O=[N+]([O-])c1ccc(OCCBr)cc1Cl. The molecule has 4 nitrogen and oxygen atoms in total. The molecule has 0 saturated heterocycles. The van der Waals surface area contributed by atoms with E-state index in [-0.39, 0.29) is 10.7 Å². The number of nitrogens with zero attached hydrogens (tertiary/aromatic N) is 1. The first-order chi connectivity index (χ1) is 6.65. The van der Waals surface area contributed by atoms with Crippen molar-refractivity contribution in [1.29, 1.82) is 0 Å². The Morgan fingerprint density at radius 3 is 2.79 bits per heavy atom. The number of benzene rings is 1. The zero-order valence-electron chi connectivity index (χ0n) is 7.07. The van der Waals surface area contributed by atoms with Gasteiger partial charge < -0.3 is 4.74 Å². The molecule has 76 valence electrons. The van der Waals surface area contributed by atoms with Crippen molar-refractivity contribution in [2.24, 2.45) is 0 Å². The van der Waals surface area contributed by atoms with Gasteiger partial charge in [0.25, 0.3) is 5.69 Å². The molecule has 0 heterocycles. The van der Waals surface area contributed by atoms with Crippen LogP contribution in [0.2, 0.25) is 5.02 Å². The van der Waals surface area contributed by atoms with Crippen molar-refractivity contribution < 1.29 is 9.66 Å². The third kappa shape index (κ3) is 2.85. The Morgan fingerprint density at radius 1 is 1.57 bits per heavy atom. The van der Waals surface area contributed by atoms with Crippen molar-refractivity contribution in [2.75, 3.05) is 11.9 Å². The maximum Gasteiger partial charge on any atom is 0.288 e. The van der Waals surface area contributed by atoms with E-state index in [1.54, 1.807) is 0 Å². The molecule has 0 amide bonds. The lowest BCUT2D eigenvalue weighted by Gasteiger charge is -2.03. The van der Waals surface area contributed by atoms with Gasteiger partial charge in [-0.15, -0.1) is 0 Å². The molecule has 1 aromatic carbocycles. The van der Waals surface area contributed by atoms with Gasteiger partial charge in [-0.05, 0) is 6.07 Å². The molecule has 0 aliphatic rings. The number of alkyl halides is 1. The van der Waals surface area contributed by atoms with Gasteiger partial charge in [0.2, 0.25) is 0 Å². The summed E-state index contributed by atoms with van der Waals surface area (Å²) in [4.78, 5) is 9.89. The van der Waals surface area contributed by atoms with E-state index in [1.807, 2.05) is 0 Å². The van der Waals surface area contributed by atoms with Crippen LogP contribution in [0, 0.1) is 10.1 Å². The molecule has 1 rings (SSSR count). The van der Waals surface area contributed by atoms with E-state index in [9.17, 15) is 10.1 Å². The molecule has 0 aliphatic heterocycles. The molecule has 0 radical (unpaired) electrons. The standard InChI is InChI=1S/C8H7BrClNO3/c9-3-4-14-6-1-2-8(11(12)13)7(10)5-6/h1-2,5H,3-4H2. The van der Waals surface area contributed by atoms with Gasteiger partial charge in [-0.25, -0.2) is 0 Å². The Balaban J connectivity index is 2.83. The van der Waals surface area contributed by atoms with Crippen molar-refractivity contribution in [3.05, 3.63) is 33.3 Å². The highest BCUT2D eigenvalue weighted by Crippen LogP contribution is 2.28. The van der Waals surface area contributed by atoms with Gasteiger partial charge in [-0.2, -0.15) is 0 Å². The van der Waals surface area contributed by atoms with Crippen LogP contribution >= 0.6 is 27.5 Å². The molecule has 0 saturated carbocycles. The molecule has 0 fully saturated rings. The van der Waals surface area contributed by atoms with Crippen molar-refractivity contribution >= 4 is 33.2 Å². The van der Waals surface area contributed by atoms with E-state index >= 15 is 0 Å². The molecule has 0 atom stereocenters. The lowest BCUT2D eigenvalue weighted by Crippen LogP contribution is -1.98. The minimum absolute atomic E-state index is 0.0853. The van der Waals surface area contributed by atoms with Crippen molar-refractivity contribution in [1.82, 2.24) is 0 Å². The normalized spacial score (nSPS) is 9.86. The van der Waals surface area contributed by atoms with Crippen molar-refractivity contribution in [2.45, 2.75) is 0 Å². The number of ether oxygens (including phenoxy) is 1. The van der Waals surface area contributed by atoms with Gasteiger partial charge in [0.1, 0.15) is 10.8 Å². The molecular formula is C8H7BrClNO3. The van der Waals surface area contributed by atoms with E-state index in [0.29, 0.717) is 17.7 Å². The first kappa shape index (κ1) is 11.3. The molecule has 14 heavy (non-hydrogen) atoms. The third-order valence-corrected chi connectivity index (χ3v) is 2.09. The van der Waals surface area contributed by atoms with Crippen molar-refractivity contribution in [3.8, 4) is 5.75 Å². The highest BCUT2D eigenvalue weighted by molar-refractivity contribution is 9.09. The second-order valence-corrected chi connectivity index (χ2v) is 3.61. The minimum atomic E-state index is -0.531. The van der Waals surface area contributed by atoms with Gasteiger partial charge in [0.15, 0.2) is 0 Å². The Kier molecular flexibility index (Phi) is 4.16. The molecule has 0 aliphatic carbocycles. The first-order valence-electron chi connectivity index (χ1n) is 3.78. The second kappa shape index (κ2) is 5.17. The summed E-state index contributed by atoms with van der Waals surface area (Å²) < 4.78 is 5.22. The maximum absolute atomic E-state index is 10.4. The summed E-state index contributed by atoms with van der Waals surface area (Å²) in [5.41, 5.74) is -0.113. The Morgan fingerprint density at radius 2 is 2.29 bits per heavy atom. The van der Waals surface area contributed by atoms with E-state index in [4.69, 9.17) is 16.3 Å². The van der Waals surface area contributed by atoms with Gasteiger partial charge in [-0.1, -0.05) is 27.5 Å². The van der Waals surface area contributed by atoms with E-state index in [1.165, 1.54) is 18.2 Å². The number of nitro benzene ring substituents is 1. The summed E-state index contributed by atoms with van der Waals surface area (Å²) in [7, 11) is 0. The highest BCUT2D eigenvalue weighted by Gasteiger charge is 2.12. The number of halogens is 2. The largest absolute Gasteiger partial charge is 0.493 e. The number of hydrogen-bond donors (Lipinski definition) is 0. The minimum Gasteiger partial charge on any atom is -0.493 e. The predicted octanol–water partition coefficient (Wildman–Crippen LogP) is 3.02. The average Bonchev–Trinajstić information content (AvgIpc) is 2.14. The second-order valence-electron chi connectivity index (χ2n) is 2.41. The molecule has 0 aromatic heterocycles. The third-order valence-electron chi connectivity index (χ3n) is 1.46. The van der Waals surface area contributed by atoms with Crippen LogP contribution in [0.4, 0.5) is 5.69 Å². The molecule has 0 spiro atoms.